The molecule has 0 spiro atoms. The standard InChI is InChI=1S/C18H22BrN3O3S/c1-5-25-16(23)14-11-26-15(21-14)10-22(18(2,3)4)17(24)20-13-8-6-12(19)7-9-13/h6-9,11H,5,10H2,1-4H3,(H,20,24). The molecule has 0 bridgehead atoms. The Balaban J connectivity index is 2.13. The predicted molar refractivity (Wildman–Crippen MR) is 107 cm³/mol. The van der Waals surface area contributed by atoms with E-state index in [0.717, 1.165) is 4.47 Å². The highest BCUT2D eigenvalue weighted by atomic mass is 79.9. The number of hydrogen-bond acceptors (Lipinski definition) is 5. The molecule has 1 aromatic heterocycles. The predicted octanol–water partition coefficient (Wildman–Crippen LogP) is 4.91. The van der Waals surface area contributed by atoms with E-state index in [4.69, 9.17) is 4.74 Å². The highest BCUT2D eigenvalue weighted by Crippen LogP contribution is 2.22. The van der Waals surface area contributed by atoms with E-state index in [9.17, 15) is 9.59 Å². The first kappa shape index (κ1) is 20.4. The van der Waals surface area contributed by atoms with E-state index in [1.165, 1.54) is 11.3 Å². The number of carbonyl (C=O) groups excluding carboxylic acids is 2. The van der Waals surface area contributed by atoms with Crippen molar-refractivity contribution in [3.63, 3.8) is 0 Å². The Morgan fingerprint density at radius 2 is 1.92 bits per heavy atom. The highest BCUT2D eigenvalue weighted by Gasteiger charge is 2.28. The van der Waals surface area contributed by atoms with Crippen molar-refractivity contribution in [1.82, 2.24) is 9.88 Å². The van der Waals surface area contributed by atoms with Gasteiger partial charge >= 0.3 is 12.0 Å². The normalized spacial score (nSPS) is 11.1. The van der Waals surface area contributed by atoms with E-state index in [-0.39, 0.29) is 11.7 Å². The molecule has 2 aromatic rings. The molecule has 0 fully saturated rings. The monoisotopic (exact) mass is 439 g/mol. The molecule has 26 heavy (non-hydrogen) atoms. The van der Waals surface area contributed by atoms with Gasteiger partial charge in [-0.25, -0.2) is 14.6 Å². The molecule has 0 aliphatic heterocycles. The van der Waals surface area contributed by atoms with E-state index < -0.39 is 11.5 Å². The summed E-state index contributed by atoms with van der Waals surface area (Å²) in [5, 5.41) is 5.23. The van der Waals surface area contributed by atoms with Crippen LogP contribution in [0.5, 0.6) is 0 Å². The van der Waals surface area contributed by atoms with Crippen molar-refractivity contribution < 1.29 is 14.3 Å². The summed E-state index contributed by atoms with van der Waals surface area (Å²) in [6, 6.07) is 7.15. The minimum absolute atomic E-state index is 0.229. The Morgan fingerprint density at radius 1 is 1.27 bits per heavy atom. The van der Waals surface area contributed by atoms with Crippen LogP contribution in [0.15, 0.2) is 34.1 Å². The maximum atomic E-state index is 12.8. The van der Waals surface area contributed by atoms with Crippen molar-refractivity contribution in [3.8, 4) is 0 Å². The third-order valence-electron chi connectivity index (χ3n) is 3.48. The molecule has 0 aliphatic carbocycles. The van der Waals surface area contributed by atoms with Gasteiger partial charge in [-0.3, -0.25) is 0 Å². The van der Waals surface area contributed by atoms with Crippen LogP contribution in [0, 0.1) is 0 Å². The van der Waals surface area contributed by atoms with E-state index in [2.05, 4.69) is 26.2 Å². The molecule has 1 heterocycles. The summed E-state index contributed by atoms with van der Waals surface area (Å²) in [6.45, 7) is 8.21. The summed E-state index contributed by atoms with van der Waals surface area (Å²) < 4.78 is 5.90. The summed E-state index contributed by atoms with van der Waals surface area (Å²) in [6.07, 6.45) is 0. The van der Waals surface area contributed by atoms with Crippen LogP contribution in [-0.2, 0) is 11.3 Å². The van der Waals surface area contributed by atoms with E-state index in [1.54, 1.807) is 17.2 Å². The zero-order valence-electron chi connectivity index (χ0n) is 15.2. The van der Waals surface area contributed by atoms with Crippen LogP contribution in [0.1, 0.15) is 43.2 Å². The summed E-state index contributed by atoms with van der Waals surface area (Å²) in [5.74, 6) is -0.448. The van der Waals surface area contributed by atoms with Gasteiger partial charge in [0.1, 0.15) is 5.01 Å². The first-order valence-electron chi connectivity index (χ1n) is 8.16. The maximum absolute atomic E-state index is 12.8. The smallest absolute Gasteiger partial charge is 0.357 e. The second-order valence-corrected chi connectivity index (χ2v) is 8.40. The average Bonchev–Trinajstić information content (AvgIpc) is 3.03. The summed E-state index contributed by atoms with van der Waals surface area (Å²) in [5.41, 5.74) is 0.558. The Kier molecular flexibility index (Phi) is 6.77. The molecule has 0 saturated heterocycles. The lowest BCUT2D eigenvalue weighted by Crippen LogP contribution is -2.47. The topological polar surface area (TPSA) is 71.5 Å². The molecule has 0 unspecified atom stereocenters. The number of aromatic nitrogens is 1. The summed E-state index contributed by atoms with van der Waals surface area (Å²) in [4.78, 5) is 30.5. The van der Waals surface area contributed by atoms with Gasteiger partial charge in [0.15, 0.2) is 5.69 Å². The lowest BCUT2D eigenvalue weighted by atomic mass is 10.1. The van der Waals surface area contributed by atoms with Gasteiger partial charge in [-0.2, -0.15) is 0 Å². The number of benzene rings is 1. The Morgan fingerprint density at radius 3 is 2.50 bits per heavy atom. The summed E-state index contributed by atoms with van der Waals surface area (Å²) >= 11 is 4.71. The van der Waals surface area contributed by atoms with Crippen LogP contribution in [0.4, 0.5) is 10.5 Å². The molecule has 1 aromatic carbocycles. The molecule has 1 N–H and O–H groups in total. The number of ether oxygens (including phenoxy) is 1. The Hall–Kier alpha value is -1.93. The van der Waals surface area contributed by atoms with Gasteiger partial charge in [-0.15, -0.1) is 11.3 Å². The maximum Gasteiger partial charge on any atom is 0.357 e. The number of urea groups is 1. The van der Waals surface area contributed by atoms with Crippen molar-refractivity contribution >= 4 is 45.0 Å². The zero-order valence-corrected chi connectivity index (χ0v) is 17.6. The fourth-order valence-corrected chi connectivity index (χ4v) is 3.17. The Labute approximate surface area is 165 Å². The fourth-order valence-electron chi connectivity index (χ4n) is 2.16. The van der Waals surface area contributed by atoms with E-state index in [1.807, 2.05) is 45.0 Å². The lowest BCUT2D eigenvalue weighted by molar-refractivity contribution is 0.0520. The molecule has 0 aliphatic rings. The van der Waals surface area contributed by atoms with Gasteiger partial charge < -0.3 is 15.0 Å². The van der Waals surface area contributed by atoms with Crippen molar-refractivity contribution in [2.24, 2.45) is 0 Å². The molecular weight excluding hydrogens is 418 g/mol. The van der Waals surface area contributed by atoms with Gasteiger partial charge in [0.25, 0.3) is 0 Å². The average molecular weight is 440 g/mol. The molecule has 2 rings (SSSR count). The third-order valence-corrected chi connectivity index (χ3v) is 4.84. The highest BCUT2D eigenvalue weighted by molar-refractivity contribution is 9.10. The summed E-state index contributed by atoms with van der Waals surface area (Å²) in [7, 11) is 0. The second kappa shape index (κ2) is 8.64. The molecule has 8 heteroatoms. The number of esters is 1. The van der Waals surface area contributed by atoms with Gasteiger partial charge in [0.2, 0.25) is 0 Å². The van der Waals surface area contributed by atoms with Gasteiger partial charge in [-0.05, 0) is 52.0 Å². The minimum atomic E-state index is -0.448. The molecule has 0 atom stereocenters. The number of amides is 2. The lowest BCUT2D eigenvalue weighted by Gasteiger charge is -2.35. The molecule has 0 saturated carbocycles. The minimum Gasteiger partial charge on any atom is -0.461 e. The number of anilines is 1. The van der Waals surface area contributed by atoms with E-state index in [0.29, 0.717) is 23.8 Å². The first-order chi connectivity index (χ1) is 12.2. The molecule has 140 valence electrons. The third kappa shape index (κ3) is 5.54. The van der Waals surface area contributed by atoms with E-state index >= 15 is 0 Å². The number of hydrogen-bond donors (Lipinski definition) is 1. The SMILES string of the molecule is CCOC(=O)c1csc(CN(C(=O)Nc2ccc(Br)cc2)C(C)(C)C)n1. The van der Waals surface area contributed by atoms with Gasteiger partial charge in [-0.1, -0.05) is 15.9 Å². The molecular formula is C18H22BrN3O3S. The molecule has 6 nitrogen and oxygen atoms in total. The van der Waals surface area contributed by atoms with Crippen molar-refractivity contribution in [2.45, 2.75) is 39.8 Å². The fraction of sp³-hybridized carbons (Fsp3) is 0.389. The number of thiazole rings is 1. The quantitative estimate of drug-likeness (QED) is 0.671. The number of halogens is 1. The van der Waals surface area contributed by atoms with Crippen LogP contribution in [0.25, 0.3) is 0 Å². The Bertz CT molecular complexity index is 769. The number of rotatable bonds is 5. The van der Waals surface area contributed by atoms with Crippen molar-refractivity contribution in [3.05, 3.63) is 44.8 Å². The van der Waals surface area contributed by atoms with Crippen molar-refractivity contribution in [2.75, 3.05) is 11.9 Å². The van der Waals surface area contributed by atoms with Crippen LogP contribution in [0.3, 0.4) is 0 Å². The van der Waals surface area contributed by atoms with Gasteiger partial charge in [0.05, 0.1) is 13.2 Å². The number of nitrogens with zero attached hydrogens (tertiary/aromatic N) is 2. The number of carbonyl (C=O) groups is 2. The van der Waals surface area contributed by atoms with Crippen molar-refractivity contribution in [1.29, 1.82) is 0 Å². The van der Waals surface area contributed by atoms with Crippen LogP contribution in [-0.4, -0.2) is 34.0 Å². The molecule has 2 amide bonds. The molecule has 0 radical (unpaired) electrons. The van der Waals surface area contributed by atoms with Crippen LogP contribution >= 0.6 is 27.3 Å². The number of nitrogens with one attached hydrogen (secondary N) is 1. The second-order valence-electron chi connectivity index (χ2n) is 6.54. The largest absolute Gasteiger partial charge is 0.461 e. The zero-order chi connectivity index (χ0) is 19.3. The van der Waals surface area contributed by atoms with Crippen LogP contribution in [0.2, 0.25) is 0 Å². The van der Waals surface area contributed by atoms with Gasteiger partial charge in [0, 0.05) is 21.1 Å². The first-order valence-corrected chi connectivity index (χ1v) is 9.83. The van der Waals surface area contributed by atoms with Crippen LogP contribution < -0.4 is 5.32 Å².